The van der Waals surface area contributed by atoms with E-state index in [4.69, 9.17) is 10.8 Å². The monoisotopic (exact) mass is 286 g/mol. The molecule has 0 unspecified atom stereocenters. The molecule has 0 spiro atoms. The second-order valence-corrected chi connectivity index (χ2v) is 4.74. The molecule has 4 N–H and O–H groups in total. The molecule has 19 heavy (non-hydrogen) atoms. The molecule has 104 valence electrons. The first-order valence-corrected chi connectivity index (χ1v) is 6.31. The number of carbonyl (C=O) groups excluding carboxylic acids is 2. The summed E-state index contributed by atoms with van der Waals surface area (Å²) < 4.78 is 4.50. The van der Waals surface area contributed by atoms with Crippen molar-refractivity contribution >= 4 is 34.2 Å². The van der Waals surface area contributed by atoms with Crippen molar-refractivity contribution in [2.24, 2.45) is 5.73 Å². The molecule has 1 aromatic heterocycles. The number of carboxylic acids is 1. The maximum absolute atomic E-state index is 11.6. The molecular weight excluding hydrogens is 272 g/mol. The number of ether oxygens (including phenoxy) is 1. The van der Waals surface area contributed by atoms with Crippen LogP contribution in [0.15, 0.2) is 17.5 Å². The van der Waals surface area contributed by atoms with Crippen LogP contribution in [0.25, 0.3) is 0 Å². The highest BCUT2D eigenvalue weighted by molar-refractivity contribution is 7.14. The van der Waals surface area contributed by atoms with Gasteiger partial charge in [-0.2, -0.15) is 0 Å². The predicted octanol–water partition coefficient (Wildman–Crippen LogP) is 0.420. The number of nitrogens with one attached hydrogen (secondary N) is 1. The van der Waals surface area contributed by atoms with E-state index in [0.717, 1.165) is 5.00 Å². The largest absolute Gasteiger partial charge is 0.481 e. The molecule has 8 heteroatoms. The van der Waals surface area contributed by atoms with Crippen molar-refractivity contribution in [3.8, 4) is 0 Å². The minimum atomic E-state index is -1.35. The fraction of sp³-hybridized carbons (Fsp3) is 0.364. The normalized spacial score (nSPS) is 13.4. The molecule has 0 saturated heterocycles. The third-order valence-corrected chi connectivity index (χ3v) is 2.93. The molecule has 0 amide bonds. The summed E-state index contributed by atoms with van der Waals surface area (Å²) in [6.07, 6.45) is -0.584. The SMILES string of the molecule is C[C@H](Nc1cccs1)C(=O)OC(=O)[C@@H](N)CC(=O)O. The fourth-order valence-electron chi connectivity index (χ4n) is 1.17. The Hall–Kier alpha value is -1.93. The Morgan fingerprint density at radius 1 is 1.47 bits per heavy atom. The lowest BCUT2D eigenvalue weighted by Crippen LogP contribution is -2.39. The van der Waals surface area contributed by atoms with Gasteiger partial charge in [0.25, 0.3) is 0 Å². The topological polar surface area (TPSA) is 119 Å². The van der Waals surface area contributed by atoms with Crippen LogP contribution in [0.3, 0.4) is 0 Å². The number of thiophene rings is 1. The van der Waals surface area contributed by atoms with Crippen molar-refractivity contribution in [2.75, 3.05) is 5.32 Å². The van der Waals surface area contributed by atoms with Crippen LogP contribution in [0, 0.1) is 0 Å². The van der Waals surface area contributed by atoms with Gasteiger partial charge in [0.2, 0.25) is 0 Å². The summed E-state index contributed by atoms with van der Waals surface area (Å²) in [5.41, 5.74) is 5.28. The standard InChI is InChI=1S/C11H14N2O5S/c1-6(13-8-3-2-4-19-8)10(16)18-11(17)7(12)5-9(14)15/h2-4,6-7,13H,5,12H2,1H3,(H,14,15)/t6-,7-/m0/s1. The molecule has 0 saturated carbocycles. The van der Waals surface area contributed by atoms with E-state index in [2.05, 4.69) is 10.1 Å². The van der Waals surface area contributed by atoms with E-state index in [1.165, 1.54) is 18.3 Å². The van der Waals surface area contributed by atoms with E-state index in [-0.39, 0.29) is 0 Å². The quantitative estimate of drug-likeness (QED) is 0.512. The average Bonchev–Trinajstić information content (AvgIpc) is 2.80. The maximum atomic E-state index is 11.6. The van der Waals surface area contributed by atoms with E-state index in [9.17, 15) is 14.4 Å². The lowest BCUT2D eigenvalue weighted by molar-refractivity contribution is -0.162. The van der Waals surface area contributed by atoms with Gasteiger partial charge in [-0.05, 0) is 24.4 Å². The molecule has 7 nitrogen and oxygen atoms in total. The first-order chi connectivity index (χ1) is 8.90. The van der Waals surface area contributed by atoms with Crippen molar-refractivity contribution in [2.45, 2.75) is 25.4 Å². The number of carboxylic acid groups (broad SMARTS) is 1. The predicted molar refractivity (Wildman–Crippen MR) is 68.7 cm³/mol. The Bertz CT molecular complexity index is 460. The summed E-state index contributed by atoms with van der Waals surface area (Å²) in [6, 6.07) is 1.49. The van der Waals surface area contributed by atoms with Gasteiger partial charge in [0, 0.05) is 0 Å². The van der Waals surface area contributed by atoms with E-state index in [0.29, 0.717) is 0 Å². The van der Waals surface area contributed by atoms with E-state index in [1.807, 2.05) is 5.38 Å². The van der Waals surface area contributed by atoms with Crippen LogP contribution >= 0.6 is 11.3 Å². The van der Waals surface area contributed by atoms with E-state index in [1.54, 1.807) is 12.1 Å². The molecule has 0 aliphatic heterocycles. The zero-order valence-corrected chi connectivity index (χ0v) is 11.0. The second-order valence-electron chi connectivity index (χ2n) is 3.79. The highest BCUT2D eigenvalue weighted by Crippen LogP contribution is 2.16. The fourth-order valence-corrected chi connectivity index (χ4v) is 1.87. The summed E-state index contributed by atoms with van der Waals surface area (Å²) in [7, 11) is 0. The lowest BCUT2D eigenvalue weighted by atomic mass is 10.2. The van der Waals surface area contributed by atoms with Gasteiger partial charge in [-0.1, -0.05) is 0 Å². The van der Waals surface area contributed by atoms with Crippen LogP contribution in [0.4, 0.5) is 5.00 Å². The highest BCUT2D eigenvalue weighted by Gasteiger charge is 2.24. The molecule has 0 aromatic carbocycles. The van der Waals surface area contributed by atoms with Gasteiger partial charge in [0.15, 0.2) is 0 Å². The molecule has 0 bridgehead atoms. The number of hydrogen-bond donors (Lipinski definition) is 3. The molecular formula is C11H14N2O5S. The summed E-state index contributed by atoms with van der Waals surface area (Å²) in [6.45, 7) is 1.53. The molecule has 2 atom stereocenters. The van der Waals surface area contributed by atoms with Crippen molar-refractivity contribution in [1.82, 2.24) is 0 Å². The van der Waals surface area contributed by atoms with Crippen LogP contribution in [0.1, 0.15) is 13.3 Å². The third-order valence-electron chi connectivity index (χ3n) is 2.13. The molecule has 0 radical (unpaired) electrons. The number of esters is 2. The molecule has 1 aromatic rings. The zero-order valence-electron chi connectivity index (χ0n) is 10.2. The van der Waals surface area contributed by atoms with Crippen molar-refractivity contribution < 1.29 is 24.2 Å². The van der Waals surface area contributed by atoms with Gasteiger partial charge in [0.1, 0.15) is 12.1 Å². The Kier molecular flexibility index (Phi) is 5.46. The van der Waals surface area contributed by atoms with Crippen molar-refractivity contribution in [1.29, 1.82) is 0 Å². The van der Waals surface area contributed by atoms with Crippen LogP contribution in [-0.2, 0) is 19.1 Å². The Morgan fingerprint density at radius 3 is 2.68 bits per heavy atom. The average molecular weight is 286 g/mol. The first-order valence-electron chi connectivity index (χ1n) is 5.43. The summed E-state index contributed by atoms with van der Waals surface area (Å²) in [5, 5.41) is 13.9. The highest BCUT2D eigenvalue weighted by atomic mass is 32.1. The number of hydrogen-bond acceptors (Lipinski definition) is 7. The summed E-state index contributed by atoms with van der Waals surface area (Å²) >= 11 is 1.40. The molecule has 1 rings (SSSR count). The van der Waals surface area contributed by atoms with Gasteiger partial charge in [-0.3, -0.25) is 4.79 Å². The van der Waals surface area contributed by atoms with E-state index >= 15 is 0 Å². The number of nitrogens with two attached hydrogens (primary N) is 1. The summed E-state index contributed by atoms with van der Waals surface area (Å²) in [4.78, 5) is 33.3. The van der Waals surface area contributed by atoms with Crippen molar-refractivity contribution in [3.05, 3.63) is 17.5 Å². The van der Waals surface area contributed by atoms with Crippen LogP contribution in [0.5, 0.6) is 0 Å². The molecule has 0 aliphatic carbocycles. The third kappa shape index (κ3) is 5.06. The van der Waals surface area contributed by atoms with Crippen LogP contribution in [0.2, 0.25) is 0 Å². The Balaban J connectivity index is 2.45. The van der Waals surface area contributed by atoms with Gasteiger partial charge in [-0.15, -0.1) is 11.3 Å². The zero-order chi connectivity index (χ0) is 14.4. The number of rotatable bonds is 6. The Morgan fingerprint density at radius 2 is 2.16 bits per heavy atom. The smallest absolute Gasteiger partial charge is 0.335 e. The summed E-state index contributed by atoms with van der Waals surface area (Å²) in [5.74, 6) is -3.09. The van der Waals surface area contributed by atoms with Gasteiger partial charge in [0.05, 0.1) is 11.4 Å². The number of aliphatic carboxylic acids is 1. The van der Waals surface area contributed by atoms with E-state index < -0.39 is 36.4 Å². The second kappa shape index (κ2) is 6.86. The lowest BCUT2D eigenvalue weighted by Gasteiger charge is -2.13. The molecule has 0 aliphatic rings. The maximum Gasteiger partial charge on any atom is 0.335 e. The van der Waals surface area contributed by atoms with Crippen molar-refractivity contribution in [3.63, 3.8) is 0 Å². The number of carbonyl (C=O) groups is 3. The minimum Gasteiger partial charge on any atom is -0.481 e. The molecule has 1 heterocycles. The van der Waals surface area contributed by atoms with Gasteiger partial charge >= 0.3 is 17.9 Å². The number of anilines is 1. The first kappa shape index (κ1) is 15.1. The van der Waals surface area contributed by atoms with Crippen LogP contribution in [-0.4, -0.2) is 35.1 Å². The molecule has 0 fully saturated rings. The minimum absolute atomic E-state index is 0.584. The van der Waals surface area contributed by atoms with Gasteiger partial charge < -0.3 is 20.9 Å². The van der Waals surface area contributed by atoms with Crippen LogP contribution < -0.4 is 11.1 Å². The van der Waals surface area contributed by atoms with Gasteiger partial charge in [-0.25, -0.2) is 9.59 Å². The Labute approximate surface area is 113 Å².